The summed E-state index contributed by atoms with van der Waals surface area (Å²) in [6.45, 7) is 6.94. The van der Waals surface area contributed by atoms with Gasteiger partial charge in [0.25, 0.3) is 0 Å². The molecule has 1 aliphatic rings. The highest BCUT2D eigenvalue weighted by atomic mass is 32.2. The van der Waals surface area contributed by atoms with Crippen molar-refractivity contribution < 1.29 is 23.8 Å². The molecule has 0 saturated carbocycles. The van der Waals surface area contributed by atoms with E-state index in [1.165, 1.54) is 0 Å². The maximum atomic E-state index is 12.3. The van der Waals surface area contributed by atoms with Gasteiger partial charge < -0.3 is 19.1 Å². The molecule has 1 amide bonds. The lowest BCUT2D eigenvalue weighted by atomic mass is 10.3. The third-order valence-corrected chi connectivity index (χ3v) is 4.69. The van der Waals surface area contributed by atoms with Gasteiger partial charge in [0.05, 0.1) is 6.61 Å². The predicted molar refractivity (Wildman–Crippen MR) is 96.8 cm³/mol. The van der Waals surface area contributed by atoms with Crippen LogP contribution >= 0.6 is 11.8 Å². The Hall–Kier alpha value is -2.15. The first kappa shape index (κ1) is 19.2. The molecule has 136 valence electrons. The molecule has 7 heteroatoms. The van der Waals surface area contributed by atoms with Crippen molar-refractivity contribution in [1.29, 1.82) is 0 Å². The lowest BCUT2D eigenvalue weighted by molar-refractivity contribution is -0.148. The highest BCUT2D eigenvalue weighted by molar-refractivity contribution is 8.00. The summed E-state index contributed by atoms with van der Waals surface area (Å²) in [7, 11) is 0. The number of hydrogen-bond donors (Lipinski definition) is 0. The van der Waals surface area contributed by atoms with Crippen LogP contribution in [0.25, 0.3) is 0 Å². The second-order valence-corrected chi connectivity index (χ2v) is 6.54. The van der Waals surface area contributed by atoms with Crippen LogP contribution in [0, 0.1) is 0 Å². The Morgan fingerprint density at radius 3 is 2.72 bits per heavy atom. The van der Waals surface area contributed by atoms with Gasteiger partial charge in [0.2, 0.25) is 5.91 Å². The van der Waals surface area contributed by atoms with Crippen LogP contribution < -0.4 is 9.47 Å². The zero-order chi connectivity index (χ0) is 18.1. The van der Waals surface area contributed by atoms with Crippen LogP contribution in [0.1, 0.15) is 13.3 Å². The molecule has 0 N–H and O–H groups in total. The maximum absolute atomic E-state index is 12.3. The third-order valence-electron chi connectivity index (χ3n) is 3.50. The van der Waals surface area contributed by atoms with Crippen molar-refractivity contribution in [2.45, 2.75) is 18.7 Å². The molecule has 1 aliphatic heterocycles. The number of para-hydroxylation sites is 2. The minimum atomic E-state index is -0.493. The highest BCUT2D eigenvalue weighted by Crippen LogP contribution is 2.30. The first-order valence-corrected chi connectivity index (χ1v) is 9.22. The zero-order valence-corrected chi connectivity index (χ0v) is 15.1. The van der Waals surface area contributed by atoms with Crippen LogP contribution in [0.15, 0.2) is 36.9 Å². The Labute approximate surface area is 152 Å². The molecule has 1 aromatic carbocycles. The lowest BCUT2D eigenvalue weighted by Crippen LogP contribution is -2.39. The summed E-state index contributed by atoms with van der Waals surface area (Å²) >= 11 is 1.63. The van der Waals surface area contributed by atoms with E-state index >= 15 is 0 Å². The molecule has 1 atom stereocenters. The molecule has 0 radical (unpaired) electrons. The minimum Gasteiger partial charge on any atom is -0.487 e. The van der Waals surface area contributed by atoms with E-state index in [0.717, 1.165) is 5.75 Å². The topological polar surface area (TPSA) is 65.1 Å². The van der Waals surface area contributed by atoms with Crippen LogP contribution in [-0.4, -0.2) is 54.3 Å². The van der Waals surface area contributed by atoms with E-state index in [2.05, 4.69) is 6.58 Å². The van der Waals surface area contributed by atoms with Gasteiger partial charge in [0.1, 0.15) is 25.0 Å². The Balaban J connectivity index is 1.92. The number of rotatable bonds is 9. The lowest BCUT2D eigenvalue weighted by Gasteiger charge is -2.24. The number of carbonyl (C=O) groups is 2. The normalized spacial score (nSPS) is 16.4. The number of carbonyl (C=O) groups excluding carboxylic acids is 2. The molecule has 1 aromatic rings. The van der Waals surface area contributed by atoms with Crippen molar-refractivity contribution >= 4 is 23.6 Å². The SMILES string of the molecule is C=CCOc1ccccc1OCC1SCCN1C(=O)CC(=O)OCC. The summed E-state index contributed by atoms with van der Waals surface area (Å²) in [4.78, 5) is 25.5. The molecule has 0 aromatic heterocycles. The molecule has 1 heterocycles. The fourth-order valence-corrected chi connectivity index (χ4v) is 3.52. The Bertz CT molecular complexity index is 607. The maximum Gasteiger partial charge on any atom is 0.315 e. The first-order valence-electron chi connectivity index (χ1n) is 8.18. The quantitative estimate of drug-likeness (QED) is 0.381. The van der Waals surface area contributed by atoms with Gasteiger partial charge in [-0.1, -0.05) is 24.8 Å². The van der Waals surface area contributed by atoms with Gasteiger partial charge in [0.15, 0.2) is 11.5 Å². The zero-order valence-electron chi connectivity index (χ0n) is 14.3. The Morgan fingerprint density at radius 1 is 1.32 bits per heavy atom. The van der Waals surface area contributed by atoms with Crippen molar-refractivity contribution in [2.75, 3.05) is 32.1 Å². The van der Waals surface area contributed by atoms with Gasteiger partial charge in [-0.25, -0.2) is 0 Å². The Morgan fingerprint density at radius 2 is 2.04 bits per heavy atom. The third kappa shape index (κ3) is 5.70. The average Bonchev–Trinajstić information content (AvgIpc) is 3.07. The molecule has 1 saturated heterocycles. The molecule has 1 fully saturated rings. The molecule has 0 bridgehead atoms. The van der Waals surface area contributed by atoms with E-state index < -0.39 is 5.97 Å². The van der Waals surface area contributed by atoms with Crippen molar-refractivity contribution in [1.82, 2.24) is 4.90 Å². The van der Waals surface area contributed by atoms with Crippen LogP contribution in [0.5, 0.6) is 11.5 Å². The smallest absolute Gasteiger partial charge is 0.315 e. The predicted octanol–water partition coefficient (Wildman–Crippen LogP) is 2.48. The van der Waals surface area contributed by atoms with Crippen molar-refractivity contribution in [3.05, 3.63) is 36.9 Å². The van der Waals surface area contributed by atoms with E-state index in [4.69, 9.17) is 14.2 Å². The fraction of sp³-hybridized carbons (Fsp3) is 0.444. The first-order chi connectivity index (χ1) is 12.2. The summed E-state index contributed by atoms with van der Waals surface area (Å²) in [5.41, 5.74) is 0. The molecule has 0 aliphatic carbocycles. The Kier molecular flexibility index (Phi) is 7.66. The molecular formula is C18H23NO5S. The van der Waals surface area contributed by atoms with Crippen molar-refractivity contribution in [3.8, 4) is 11.5 Å². The van der Waals surface area contributed by atoms with Gasteiger partial charge in [-0.3, -0.25) is 9.59 Å². The van der Waals surface area contributed by atoms with Crippen LogP contribution in [0.3, 0.4) is 0 Å². The van der Waals surface area contributed by atoms with E-state index in [1.54, 1.807) is 29.7 Å². The number of ether oxygens (including phenoxy) is 3. The summed E-state index contributed by atoms with van der Waals surface area (Å²) in [6.07, 6.45) is 1.43. The van der Waals surface area contributed by atoms with Gasteiger partial charge in [-0.15, -0.1) is 11.8 Å². The molecule has 0 spiro atoms. The number of thioether (sulfide) groups is 1. The van der Waals surface area contributed by atoms with Crippen molar-refractivity contribution in [3.63, 3.8) is 0 Å². The molecule has 6 nitrogen and oxygen atoms in total. The summed E-state index contributed by atoms with van der Waals surface area (Å²) in [6, 6.07) is 7.37. The van der Waals surface area contributed by atoms with E-state index in [1.807, 2.05) is 24.3 Å². The van der Waals surface area contributed by atoms with Crippen LogP contribution in [0.4, 0.5) is 0 Å². The van der Waals surface area contributed by atoms with Gasteiger partial charge in [-0.05, 0) is 19.1 Å². The van der Waals surface area contributed by atoms with E-state index in [-0.39, 0.29) is 24.3 Å². The molecule has 2 rings (SSSR count). The number of nitrogens with zero attached hydrogens (tertiary/aromatic N) is 1. The highest BCUT2D eigenvalue weighted by Gasteiger charge is 2.31. The summed E-state index contributed by atoms with van der Waals surface area (Å²) in [5, 5.41) is -0.130. The second-order valence-electron chi connectivity index (χ2n) is 5.25. The van der Waals surface area contributed by atoms with Gasteiger partial charge >= 0.3 is 5.97 Å². The number of amides is 1. The van der Waals surface area contributed by atoms with Crippen LogP contribution in [0.2, 0.25) is 0 Å². The number of hydrogen-bond acceptors (Lipinski definition) is 6. The molecule has 1 unspecified atom stereocenters. The van der Waals surface area contributed by atoms with Crippen molar-refractivity contribution in [2.24, 2.45) is 0 Å². The van der Waals surface area contributed by atoms with E-state index in [9.17, 15) is 9.59 Å². The number of esters is 1. The standard InChI is InChI=1S/C18H23NO5S/c1-3-10-23-14-7-5-6-8-15(14)24-13-17-19(9-11-25-17)16(20)12-18(21)22-4-2/h3,5-8,17H,1,4,9-13H2,2H3. The van der Waals surface area contributed by atoms with Crippen LogP contribution in [-0.2, 0) is 14.3 Å². The molecule has 25 heavy (non-hydrogen) atoms. The van der Waals surface area contributed by atoms with Gasteiger partial charge in [0, 0.05) is 12.3 Å². The summed E-state index contributed by atoms with van der Waals surface area (Å²) < 4.78 is 16.3. The monoisotopic (exact) mass is 365 g/mol. The molecular weight excluding hydrogens is 342 g/mol. The van der Waals surface area contributed by atoms with E-state index in [0.29, 0.717) is 31.3 Å². The summed E-state index contributed by atoms with van der Waals surface area (Å²) in [5.74, 6) is 1.35. The second kappa shape index (κ2) is 9.98. The largest absolute Gasteiger partial charge is 0.487 e. The van der Waals surface area contributed by atoms with Gasteiger partial charge in [-0.2, -0.15) is 0 Å². The average molecular weight is 365 g/mol. The minimum absolute atomic E-state index is 0.130. The fourth-order valence-electron chi connectivity index (χ4n) is 2.38. The number of benzene rings is 1.